The van der Waals surface area contributed by atoms with E-state index in [-0.39, 0.29) is 11.8 Å². The molecular formula is C22H33N3O3. The Labute approximate surface area is 167 Å². The smallest absolute Gasteiger partial charge is 0.243 e. The van der Waals surface area contributed by atoms with Crippen LogP contribution in [0.25, 0.3) is 10.9 Å². The molecule has 1 aromatic carbocycles. The number of hydrogen-bond acceptors (Lipinski definition) is 3. The van der Waals surface area contributed by atoms with Crippen molar-refractivity contribution in [1.82, 2.24) is 15.4 Å². The molecule has 1 aliphatic rings. The Morgan fingerprint density at radius 3 is 2.50 bits per heavy atom. The molecule has 154 valence electrons. The van der Waals surface area contributed by atoms with Crippen LogP contribution in [0, 0.1) is 0 Å². The topological polar surface area (TPSA) is 85.4 Å². The summed E-state index contributed by atoms with van der Waals surface area (Å²) in [6.07, 6.45) is 6.45. The van der Waals surface area contributed by atoms with Crippen LogP contribution in [0.15, 0.2) is 24.3 Å². The van der Waals surface area contributed by atoms with Gasteiger partial charge in [0.15, 0.2) is 0 Å². The maximum atomic E-state index is 12.4. The zero-order chi connectivity index (χ0) is 20.4. The van der Waals surface area contributed by atoms with Crippen molar-refractivity contribution in [3.63, 3.8) is 0 Å². The molecule has 0 saturated carbocycles. The van der Waals surface area contributed by atoms with E-state index in [0.717, 1.165) is 49.9 Å². The van der Waals surface area contributed by atoms with Gasteiger partial charge in [-0.2, -0.15) is 0 Å². The van der Waals surface area contributed by atoms with Crippen molar-refractivity contribution < 1.29 is 14.8 Å². The molecule has 3 rings (SSSR count). The van der Waals surface area contributed by atoms with E-state index in [2.05, 4.69) is 37.0 Å². The average molecular weight is 388 g/mol. The van der Waals surface area contributed by atoms with Gasteiger partial charge in [-0.25, -0.2) is 5.48 Å². The number of nitrogens with zero attached hydrogens (tertiary/aromatic N) is 1. The number of aromatic nitrogens is 1. The fraction of sp³-hybridized carbons (Fsp3) is 0.545. The van der Waals surface area contributed by atoms with Gasteiger partial charge < -0.3 is 9.88 Å². The van der Waals surface area contributed by atoms with Gasteiger partial charge >= 0.3 is 0 Å². The summed E-state index contributed by atoms with van der Waals surface area (Å²) in [6, 6.07) is 8.30. The van der Waals surface area contributed by atoms with Crippen molar-refractivity contribution in [2.24, 2.45) is 0 Å². The molecule has 0 bridgehead atoms. The lowest BCUT2D eigenvalue weighted by Gasteiger charge is -2.27. The second-order valence-corrected chi connectivity index (χ2v) is 7.35. The molecule has 6 nitrogen and oxygen atoms in total. The molecule has 0 unspecified atom stereocenters. The average Bonchev–Trinajstić information content (AvgIpc) is 3.08. The molecule has 1 aliphatic heterocycles. The molecular weight excluding hydrogens is 354 g/mol. The summed E-state index contributed by atoms with van der Waals surface area (Å²) in [7, 11) is 0. The first kappa shape index (κ1) is 22.0. The highest BCUT2D eigenvalue weighted by molar-refractivity contribution is 5.85. The number of carbonyl (C=O) groups is 2. The summed E-state index contributed by atoms with van der Waals surface area (Å²) < 4.78 is 0. The Kier molecular flexibility index (Phi) is 9.01. The van der Waals surface area contributed by atoms with Crippen molar-refractivity contribution in [1.29, 1.82) is 0 Å². The standard InChI is InChI=1S/C19H25N3O3.C3H8/c23-18(21-25)9-3-1-2-4-10-19(24)22-12-11-15-14-7-5-6-8-16(14)20-17(15)13-22;1-3-2/h5-8,20,25H,1-4,9-13H2,(H,21,23);3H2,1-2H3. The number of unbranched alkanes of at least 4 members (excludes halogenated alkanes) is 3. The number of hydroxylamine groups is 1. The molecule has 0 saturated heterocycles. The first-order chi connectivity index (χ1) is 13.6. The molecule has 0 aliphatic carbocycles. The first-order valence-corrected chi connectivity index (χ1v) is 10.4. The highest BCUT2D eigenvalue weighted by Gasteiger charge is 2.23. The van der Waals surface area contributed by atoms with E-state index in [1.807, 2.05) is 11.0 Å². The third kappa shape index (κ3) is 6.09. The summed E-state index contributed by atoms with van der Waals surface area (Å²) in [6.45, 7) is 5.70. The number of fused-ring (bicyclic) bond motifs is 3. The number of rotatable bonds is 7. The molecule has 28 heavy (non-hydrogen) atoms. The second kappa shape index (κ2) is 11.5. The first-order valence-electron chi connectivity index (χ1n) is 10.4. The summed E-state index contributed by atoms with van der Waals surface area (Å²) >= 11 is 0. The normalized spacial score (nSPS) is 12.9. The van der Waals surface area contributed by atoms with Crippen LogP contribution in [-0.2, 0) is 22.6 Å². The number of para-hydroxylation sites is 1. The number of amides is 2. The zero-order valence-corrected chi connectivity index (χ0v) is 17.1. The van der Waals surface area contributed by atoms with Gasteiger partial charge in [0.1, 0.15) is 0 Å². The maximum absolute atomic E-state index is 12.4. The summed E-state index contributed by atoms with van der Waals surface area (Å²) in [5.74, 6) is -0.143. The summed E-state index contributed by atoms with van der Waals surface area (Å²) in [5, 5.41) is 9.69. The van der Waals surface area contributed by atoms with Gasteiger partial charge in [0, 0.05) is 36.0 Å². The van der Waals surface area contributed by atoms with E-state index in [0.29, 0.717) is 19.4 Å². The largest absolute Gasteiger partial charge is 0.357 e. The van der Waals surface area contributed by atoms with Gasteiger partial charge in [0.2, 0.25) is 11.8 Å². The SMILES string of the molecule is CCC.O=C(CCCCCCC(=O)N1CCc2c([nH]c3ccccc23)C1)NO. The molecule has 2 amide bonds. The molecule has 3 N–H and O–H groups in total. The number of aromatic amines is 1. The monoisotopic (exact) mass is 387 g/mol. The third-order valence-electron chi connectivity index (χ3n) is 4.90. The van der Waals surface area contributed by atoms with E-state index in [9.17, 15) is 9.59 Å². The Hall–Kier alpha value is -2.34. The molecule has 0 atom stereocenters. The minimum atomic E-state index is -0.349. The van der Waals surface area contributed by atoms with Crippen molar-refractivity contribution in [3.05, 3.63) is 35.5 Å². The third-order valence-corrected chi connectivity index (χ3v) is 4.90. The molecule has 1 aromatic heterocycles. The van der Waals surface area contributed by atoms with Crippen LogP contribution in [0.3, 0.4) is 0 Å². The zero-order valence-electron chi connectivity index (χ0n) is 17.1. The maximum Gasteiger partial charge on any atom is 0.243 e. The van der Waals surface area contributed by atoms with Gasteiger partial charge in [0.25, 0.3) is 0 Å². The number of hydrogen-bond donors (Lipinski definition) is 3. The minimum absolute atomic E-state index is 0.206. The number of benzene rings is 1. The van der Waals surface area contributed by atoms with Crippen LogP contribution in [0.4, 0.5) is 0 Å². The lowest BCUT2D eigenvalue weighted by molar-refractivity contribution is -0.132. The number of nitrogens with one attached hydrogen (secondary N) is 2. The van der Waals surface area contributed by atoms with E-state index < -0.39 is 0 Å². The van der Waals surface area contributed by atoms with Crippen molar-refractivity contribution in [2.75, 3.05) is 6.54 Å². The lowest BCUT2D eigenvalue weighted by Crippen LogP contribution is -2.35. The molecule has 6 heteroatoms. The molecule has 0 spiro atoms. The molecule has 0 fully saturated rings. The highest BCUT2D eigenvalue weighted by Crippen LogP contribution is 2.27. The van der Waals surface area contributed by atoms with Crippen LogP contribution in [0.2, 0.25) is 0 Å². The number of H-pyrrole nitrogens is 1. The predicted molar refractivity (Wildman–Crippen MR) is 111 cm³/mol. The fourth-order valence-corrected chi connectivity index (χ4v) is 3.54. The van der Waals surface area contributed by atoms with Crippen molar-refractivity contribution in [3.8, 4) is 0 Å². The Morgan fingerprint density at radius 2 is 1.79 bits per heavy atom. The molecule has 2 aromatic rings. The van der Waals surface area contributed by atoms with Crippen LogP contribution in [0.5, 0.6) is 0 Å². The minimum Gasteiger partial charge on any atom is -0.357 e. The van der Waals surface area contributed by atoms with Gasteiger partial charge in [-0.3, -0.25) is 14.8 Å². The van der Waals surface area contributed by atoms with Crippen LogP contribution < -0.4 is 5.48 Å². The quantitative estimate of drug-likeness (QED) is 0.376. The summed E-state index contributed by atoms with van der Waals surface area (Å²) in [5.41, 5.74) is 5.29. The van der Waals surface area contributed by atoms with Gasteiger partial charge in [-0.1, -0.05) is 51.3 Å². The predicted octanol–water partition coefficient (Wildman–Crippen LogP) is 4.31. The number of carbonyl (C=O) groups excluding carboxylic acids is 2. The van der Waals surface area contributed by atoms with Crippen LogP contribution in [-0.4, -0.2) is 33.5 Å². The Morgan fingerprint density at radius 1 is 1.11 bits per heavy atom. The fourth-order valence-electron chi connectivity index (χ4n) is 3.54. The molecule has 2 heterocycles. The van der Waals surface area contributed by atoms with E-state index in [1.54, 1.807) is 5.48 Å². The second-order valence-electron chi connectivity index (χ2n) is 7.35. The summed E-state index contributed by atoms with van der Waals surface area (Å²) in [4.78, 5) is 28.7. The van der Waals surface area contributed by atoms with Crippen molar-refractivity contribution >= 4 is 22.7 Å². The van der Waals surface area contributed by atoms with E-state index >= 15 is 0 Å². The van der Waals surface area contributed by atoms with Crippen LogP contribution in [0.1, 0.15) is 70.1 Å². The highest BCUT2D eigenvalue weighted by atomic mass is 16.5. The van der Waals surface area contributed by atoms with Gasteiger partial charge in [0.05, 0.1) is 6.54 Å². The lowest BCUT2D eigenvalue weighted by atomic mass is 10.0. The van der Waals surface area contributed by atoms with E-state index in [1.165, 1.54) is 17.4 Å². The van der Waals surface area contributed by atoms with Gasteiger partial charge in [-0.15, -0.1) is 0 Å². The van der Waals surface area contributed by atoms with Crippen LogP contribution >= 0.6 is 0 Å². The molecule has 0 radical (unpaired) electrons. The van der Waals surface area contributed by atoms with Crippen molar-refractivity contribution in [2.45, 2.75) is 71.8 Å². The Bertz CT molecular complexity index is 769. The van der Waals surface area contributed by atoms with E-state index in [4.69, 9.17) is 5.21 Å². The Balaban J connectivity index is 0.000000878. The van der Waals surface area contributed by atoms with Gasteiger partial charge in [-0.05, 0) is 30.9 Å².